The van der Waals surface area contributed by atoms with E-state index in [4.69, 9.17) is 5.11 Å². The number of anilines is 1. The molecule has 2 aromatic rings. The number of nitrogens with zero attached hydrogens (tertiary/aromatic N) is 2. The molecular formula is C17H21N5O3. The SMILES string of the molecule is CC1(CCC(=O)O)N[C@@H](Cc2cnc[nH]2)C(=O)N1Nc1ccccc1. The van der Waals surface area contributed by atoms with E-state index >= 15 is 0 Å². The van der Waals surface area contributed by atoms with Crippen molar-refractivity contribution in [1.82, 2.24) is 20.3 Å². The Hall–Kier alpha value is -2.87. The predicted molar refractivity (Wildman–Crippen MR) is 91.4 cm³/mol. The highest BCUT2D eigenvalue weighted by Gasteiger charge is 2.47. The van der Waals surface area contributed by atoms with Crippen LogP contribution in [-0.4, -0.2) is 43.7 Å². The molecule has 2 atom stereocenters. The van der Waals surface area contributed by atoms with E-state index in [1.54, 1.807) is 12.5 Å². The number of amides is 1. The van der Waals surface area contributed by atoms with Gasteiger partial charge in [-0.1, -0.05) is 18.2 Å². The number of hydrazine groups is 1. The average Bonchev–Trinajstić information content (AvgIpc) is 3.18. The van der Waals surface area contributed by atoms with E-state index in [1.165, 1.54) is 5.01 Å². The Bertz CT molecular complexity index is 734. The van der Waals surface area contributed by atoms with Crippen molar-refractivity contribution in [3.8, 4) is 0 Å². The van der Waals surface area contributed by atoms with Gasteiger partial charge in [0.15, 0.2) is 0 Å². The Labute approximate surface area is 145 Å². The molecule has 3 rings (SSSR count). The molecule has 0 spiro atoms. The first kappa shape index (κ1) is 17.0. The minimum absolute atomic E-state index is 0.0411. The van der Waals surface area contributed by atoms with E-state index in [2.05, 4.69) is 20.7 Å². The number of H-pyrrole nitrogens is 1. The highest BCUT2D eigenvalue weighted by atomic mass is 16.4. The second-order valence-electron chi connectivity index (χ2n) is 6.30. The summed E-state index contributed by atoms with van der Waals surface area (Å²) in [6.45, 7) is 1.83. The Balaban J connectivity index is 1.81. The van der Waals surface area contributed by atoms with Crippen LogP contribution in [0.4, 0.5) is 5.69 Å². The maximum absolute atomic E-state index is 12.9. The molecule has 1 saturated heterocycles. The zero-order valence-corrected chi connectivity index (χ0v) is 13.9. The molecule has 1 aliphatic heterocycles. The fourth-order valence-corrected chi connectivity index (χ4v) is 3.01. The second-order valence-corrected chi connectivity index (χ2v) is 6.30. The number of aromatic nitrogens is 2. The molecule has 1 aliphatic rings. The van der Waals surface area contributed by atoms with Gasteiger partial charge >= 0.3 is 5.97 Å². The number of carboxylic acids is 1. The van der Waals surface area contributed by atoms with Crippen LogP contribution in [0, 0.1) is 0 Å². The highest BCUT2D eigenvalue weighted by Crippen LogP contribution is 2.28. The van der Waals surface area contributed by atoms with E-state index in [9.17, 15) is 9.59 Å². The van der Waals surface area contributed by atoms with Crippen molar-refractivity contribution < 1.29 is 14.7 Å². The lowest BCUT2D eigenvalue weighted by Gasteiger charge is -2.35. The number of nitrogens with one attached hydrogen (secondary N) is 3. The maximum atomic E-state index is 12.9. The van der Waals surface area contributed by atoms with E-state index < -0.39 is 17.7 Å². The molecule has 1 aromatic carbocycles. The summed E-state index contributed by atoms with van der Waals surface area (Å²) in [4.78, 5) is 30.9. The van der Waals surface area contributed by atoms with Crippen LogP contribution in [0.25, 0.3) is 0 Å². The topological polar surface area (TPSA) is 110 Å². The van der Waals surface area contributed by atoms with Gasteiger partial charge in [-0.2, -0.15) is 0 Å². The van der Waals surface area contributed by atoms with Gasteiger partial charge in [-0.05, 0) is 25.5 Å². The van der Waals surface area contributed by atoms with Crippen LogP contribution in [0.3, 0.4) is 0 Å². The van der Waals surface area contributed by atoms with Crippen LogP contribution in [0.15, 0.2) is 42.9 Å². The number of carboxylic acid groups (broad SMARTS) is 1. The zero-order chi connectivity index (χ0) is 17.9. The van der Waals surface area contributed by atoms with Crippen molar-refractivity contribution in [2.24, 2.45) is 0 Å². The van der Waals surface area contributed by atoms with Gasteiger partial charge in [0.05, 0.1) is 18.1 Å². The molecule has 0 bridgehead atoms. The molecule has 132 valence electrons. The van der Waals surface area contributed by atoms with Crippen LogP contribution in [0.1, 0.15) is 25.5 Å². The summed E-state index contributed by atoms with van der Waals surface area (Å²) < 4.78 is 0. The number of aromatic amines is 1. The molecule has 8 heteroatoms. The first-order valence-corrected chi connectivity index (χ1v) is 8.10. The van der Waals surface area contributed by atoms with Gasteiger partial charge in [0, 0.05) is 24.7 Å². The van der Waals surface area contributed by atoms with Gasteiger partial charge in [0.1, 0.15) is 5.66 Å². The average molecular weight is 343 g/mol. The number of hydrogen-bond donors (Lipinski definition) is 4. The molecule has 1 fully saturated rings. The largest absolute Gasteiger partial charge is 0.481 e. The summed E-state index contributed by atoms with van der Waals surface area (Å²) in [5.74, 6) is -1.03. The molecular weight excluding hydrogens is 322 g/mol. The number of para-hydroxylation sites is 1. The van der Waals surface area contributed by atoms with Gasteiger partial charge < -0.3 is 10.1 Å². The van der Waals surface area contributed by atoms with Gasteiger partial charge in [-0.15, -0.1) is 0 Å². The van der Waals surface area contributed by atoms with Crippen LogP contribution in [0.5, 0.6) is 0 Å². The quantitative estimate of drug-likeness (QED) is 0.604. The van der Waals surface area contributed by atoms with Crippen molar-refractivity contribution >= 4 is 17.6 Å². The summed E-state index contributed by atoms with van der Waals surface area (Å²) in [5, 5.41) is 13.8. The number of benzene rings is 1. The normalized spacial score (nSPS) is 23.0. The maximum Gasteiger partial charge on any atom is 0.303 e. The lowest BCUT2D eigenvalue weighted by atomic mass is 10.1. The first-order valence-electron chi connectivity index (χ1n) is 8.10. The molecule has 2 heterocycles. The molecule has 0 radical (unpaired) electrons. The third kappa shape index (κ3) is 3.80. The lowest BCUT2D eigenvalue weighted by molar-refractivity contribution is -0.139. The number of hydrogen-bond acceptors (Lipinski definition) is 5. The van der Waals surface area contributed by atoms with Gasteiger partial charge in [0.25, 0.3) is 5.91 Å². The number of aliphatic carboxylic acids is 1. The van der Waals surface area contributed by atoms with E-state index in [0.717, 1.165) is 11.4 Å². The molecule has 1 amide bonds. The fourth-order valence-electron chi connectivity index (χ4n) is 3.01. The minimum atomic E-state index is -0.896. The van der Waals surface area contributed by atoms with Crippen LogP contribution in [0.2, 0.25) is 0 Å². The molecule has 1 unspecified atom stereocenters. The van der Waals surface area contributed by atoms with Gasteiger partial charge in [-0.3, -0.25) is 20.3 Å². The summed E-state index contributed by atoms with van der Waals surface area (Å²) >= 11 is 0. The van der Waals surface area contributed by atoms with E-state index in [0.29, 0.717) is 6.42 Å². The molecule has 0 saturated carbocycles. The van der Waals surface area contributed by atoms with Crippen molar-refractivity contribution in [3.05, 3.63) is 48.5 Å². The highest BCUT2D eigenvalue weighted by molar-refractivity contribution is 5.86. The van der Waals surface area contributed by atoms with Crippen LogP contribution >= 0.6 is 0 Å². The smallest absolute Gasteiger partial charge is 0.303 e. The third-order valence-electron chi connectivity index (χ3n) is 4.32. The van der Waals surface area contributed by atoms with Crippen molar-refractivity contribution in [2.75, 3.05) is 5.43 Å². The van der Waals surface area contributed by atoms with Crippen LogP contribution in [-0.2, 0) is 16.0 Å². The Morgan fingerprint density at radius 1 is 1.40 bits per heavy atom. The van der Waals surface area contributed by atoms with E-state index in [1.807, 2.05) is 37.3 Å². The summed E-state index contributed by atoms with van der Waals surface area (Å²) in [6.07, 6.45) is 3.94. The Kier molecular flexibility index (Phi) is 4.71. The summed E-state index contributed by atoms with van der Waals surface area (Å²) in [7, 11) is 0. The van der Waals surface area contributed by atoms with Crippen molar-refractivity contribution in [3.63, 3.8) is 0 Å². The minimum Gasteiger partial charge on any atom is -0.481 e. The number of rotatable bonds is 7. The molecule has 4 N–H and O–H groups in total. The number of carbonyl (C=O) groups is 2. The summed E-state index contributed by atoms with van der Waals surface area (Å²) in [6, 6.07) is 8.87. The van der Waals surface area contributed by atoms with Gasteiger partial charge in [-0.25, -0.2) is 9.99 Å². The van der Waals surface area contributed by atoms with Crippen LogP contribution < -0.4 is 10.7 Å². The van der Waals surface area contributed by atoms with Crippen molar-refractivity contribution in [1.29, 1.82) is 0 Å². The number of imidazole rings is 1. The first-order chi connectivity index (χ1) is 12.0. The zero-order valence-electron chi connectivity index (χ0n) is 13.9. The number of carbonyl (C=O) groups excluding carboxylic acids is 1. The third-order valence-corrected chi connectivity index (χ3v) is 4.32. The standard InChI is InChI=1S/C17H21N5O3/c1-17(8-7-15(23)24)20-14(9-13-10-18-11-19-13)16(25)22(17)21-12-5-3-2-4-6-12/h2-6,10-11,14,20-21H,7-9H2,1H3,(H,18,19)(H,23,24)/t14-,17?/m0/s1. The second kappa shape index (κ2) is 6.94. The predicted octanol–water partition coefficient (Wildman–Crippen LogP) is 1.36. The molecule has 8 nitrogen and oxygen atoms in total. The molecule has 0 aliphatic carbocycles. The Morgan fingerprint density at radius 3 is 2.80 bits per heavy atom. The summed E-state index contributed by atoms with van der Waals surface area (Å²) in [5.41, 5.74) is 3.91. The van der Waals surface area contributed by atoms with E-state index in [-0.39, 0.29) is 18.7 Å². The fraction of sp³-hybridized carbons (Fsp3) is 0.353. The Morgan fingerprint density at radius 2 is 2.16 bits per heavy atom. The molecule has 1 aromatic heterocycles. The van der Waals surface area contributed by atoms with Crippen molar-refractivity contribution in [2.45, 2.75) is 37.9 Å². The lowest BCUT2D eigenvalue weighted by Crippen LogP contribution is -2.52. The monoisotopic (exact) mass is 343 g/mol. The molecule has 25 heavy (non-hydrogen) atoms. The van der Waals surface area contributed by atoms with Gasteiger partial charge in [0.2, 0.25) is 0 Å².